The summed E-state index contributed by atoms with van der Waals surface area (Å²) < 4.78 is 54.5. The molecule has 0 radical (unpaired) electrons. The fourth-order valence-electron chi connectivity index (χ4n) is 2.68. The highest BCUT2D eigenvalue weighted by Gasteiger charge is 2.30. The van der Waals surface area contributed by atoms with Crippen molar-refractivity contribution in [1.82, 2.24) is 0 Å². The van der Waals surface area contributed by atoms with Crippen molar-refractivity contribution < 1.29 is 27.2 Å². The number of benzene rings is 2. The molecule has 3 N–H and O–H groups in total. The quantitative estimate of drug-likeness (QED) is 0.443. The number of rotatable bonds is 9. The Hall–Kier alpha value is -1.02. The van der Waals surface area contributed by atoms with Crippen molar-refractivity contribution in [3.63, 3.8) is 0 Å². The van der Waals surface area contributed by atoms with E-state index in [1.165, 1.54) is 24.9 Å². The second-order valence-electron chi connectivity index (χ2n) is 6.54. The van der Waals surface area contributed by atoms with E-state index in [9.17, 15) is 22.6 Å². The Balaban J connectivity index is 1.94. The fraction of sp³-hybridized carbons (Fsp3) is 0.368. The van der Waals surface area contributed by atoms with Gasteiger partial charge in [0.05, 0.1) is 11.7 Å². The van der Waals surface area contributed by atoms with Crippen LogP contribution in [0.1, 0.15) is 24.0 Å². The van der Waals surface area contributed by atoms with Crippen molar-refractivity contribution in [2.24, 2.45) is 5.73 Å². The first-order chi connectivity index (χ1) is 13.5. The average molecular weight is 468 g/mol. The minimum absolute atomic E-state index is 0.107. The minimum atomic E-state index is -4.38. The molecule has 4 nitrogen and oxygen atoms in total. The SMILES string of the molecule is COP(=O)(O)C[C@H](N)CCCc1ccc(Sc2cccc(C(F)(F)F)c2)cc1Cl. The zero-order valence-electron chi connectivity index (χ0n) is 15.7. The van der Waals surface area contributed by atoms with E-state index in [0.29, 0.717) is 29.2 Å². The molecule has 0 aliphatic carbocycles. The standard InChI is InChI=1S/C19H22ClF3NO3PS/c1-27-28(25,26)12-15(24)6-2-4-13-8-9-17(11-18(13)20)29-16-7-3-5-14(10-16)19(21,22)23/h3,5,7-11,15H,2,4,6,12,24H2,1H3,(H,25,26)/t15-/m1/s1. The highest BCUT2D eigenvalue weighted by atomic mass is 35.5. The third-order valence-electron chi connectivity index (χ3n) is 4.19. The Bertz CT molecular complexity index is 882. The van der Waals surface area contributed by atoms with Crippen molar-refractivity contribution in [3.8, 4) is 0 Å². The Kier molecular flexibility index (Phi) is 8.64. The van der Waals surface area contributed by atoms with Crippen molar-refractivity contribution in [1.29, 1.82) is 0 Å². The maximum Gasteiger partial charge on any atom is 0.416 e. The van der Waals surface area contributed by atoms with Gasteiger partial charge in [0, 0.05) is 28.0 Å². The number of hydrogen-bond acceptors (Lipinski definition) is 4. The van der Waals surface area contributed by atoms with E-state index in [0.717, 1.165) is 22.6 Å². The molecule has 10 heteroatoms. The van der Waals surface area contributed by atoms with E-state index in [1.54, 1.807) is 18.2 Å². The minimum Gasteiger partial charge on any atom is -0.327 e. The molecule has 0 bridgehead atoms. The topological polar surface area (TPSA) is 72.5 Å². The number of halogens is 4. The molecule has 2 atom stereocenters. The molecule has 0 saturated heterocycles. The third kappa shape index (κ3) is 7.96. The normalized spacial score (nSPS) is 15.1. The summed E-state index contributed by atoms with van der Waals surface area (Å²) in [7, 11) is -2.46. The Labute approximate surface area is 177 Å². The van der Waals surface area contributed by atoms with Gasteiger partial charge in [0.25, 0.3) is 0 Å². The van der Waals surface area contributed by atoms with Gasteiger partial charge < -0.3 is 15.2 Å². The second-order valence-corrected chi connectivity index (χ2v) is 10.1. The molecule has 0 fully saturated rings. The number of alkyl halides is 3. The zero-order valence-corrected chi connectivity index (χ0v) is 18.1. The van der Waals surface area contributed by atoms with Crippen LogP contribution < -0.4 is 5.73 Å². The molecule has 0 heterocycles. The first-order valence-electron chi connectivity index (χ1n) is 8.77. The van der Waals surface area contributed by atoms with Gasteiger partial charge in [-0.25, -0.2) is 0 Å². The lowest BCUT2D eigenvalue weighted by Crippen LogP contribution is -2.24. The molecule has 0 amide bonds. The predicted molar refractivity (Wildman–Crippen MR) is 110 cm³/mol. The average Bonchev–Trinajstić information content (AvgIpc) is 2.63. The van der Waals surface area contributed by atoms with Crippen LogP contribution in [0.5, 0.6) is 0 Å². The van der Waals surface area contributed by atoms with Crippen LogP contribution in [0.15, 0.2) is 52.3 Å². The van der Waals surface area contributed by atoms with Crippen molar-refractivity contribution in [3.05, 3.63) is 58.6 Å². The van der Waals surface area contributed by atoms with E-state index in [-0.39, 0.29) is 6.16 Å². The second kappa shape index (κ2) is 10.3. The Morgan fingerprint density at radius 3 is 2.55 bits per heavy atom. The lowest BCUT2D eigenvalue weighted by atomic mass is 10.1. The maximum absolute atomic E-state index is 12.8. The van der Waals surface area contributed by atoms with Gasteiger partial charge in [-0.2, -0.15) is 13.2 Å². The van der Waals surface area contributed by atoms with Crippen molar-refractivity contribution in [2.45, 2.75) is 41.3 Å². The number of hydrogen-bond donors (Lipinski definition) is 2. The summed E-state index contributed by atoms with van der Waals surface area (Å²) in [5.41, 5.74) is 6.05. The molecule has 2 rings (SSSR count). The van der Waals surface area contributed by atoms with Gasteiger partial charge in [-0.15, -0.1) is 0 Å². The molecule has 0 aliphatic rings. The largest absolute Gasteiger partial charge is 0.416 e. The summed E-state index contributed by atoms with van der Waals surface area (Å²) in [6.45, 7) is 0. The van der Waals surface area contributed by atoms with Gasteiger partial charge in [0.15, 0.2) is 0 Å². The highest BCUT2D eigenvalue weighted by molar-refractivity contribution is 7.99. The summed E-state index contributed by atoms with van der Waals surface area (Å²) in [6.07, 6.45) is -2.66. The smallest absolute Gasteiger partial charge is 0.327 e. The van der Waals surface area contributed by atoms with Crippen LogP contribution in [-0.2, 0) is 21.7 Å². The molecule has 29 heavy (non-hydrogen) atoms. The van der Waals surface area contributed by atoms with E-state index < -0.39 is 25.4 Å². The lowest BCUT2D eigenvalue weighted by molar-refractivity contribution is -0.137. The molecule has 0 aliphatic heterocycles. The van der Waals surface area contributed by atoms with Crippen LogP contribution in [-0.4, -0.2) is 24.2 Å². The van der Waals surface area contributed by atoms with Crippen LogP contribution in [0.4, 0.5) is 13.2 Å². The molecule has 0 saturated carbocycles. The first-order valence-corrected chi connectivity index (χ1v) is 11.7. The molecule has 2 aromatic carbocycles. The molecular formula is C19H22ClF3NO3PS. The fourth-order valence-corrected chi connectivity index (χ4v) is 4.86. The van der Waals surface area contributed by atoms with Crippen LogP contribution in [0.3, 0.4) is 0 Å². The van der Waals surface area contributed by atoms with E-state index in [4.69, 9.17) is 17.3 Å². The molecular weight excluding hydrogens is 446 g/mol. The molecule has 0 spiro atoms. The van der Waals surface area contributed by atoms with Crippen molar-refractivity contribution in [2.75, 3.05) is 13.3 Å². The van der Waals surface area contributed by atoms with Crippen LogP contribution >= 0.6 is 31.0 Å². The van der Waals surface area contributed by atoms with E-state index >= 15 is 0 Å². The Morgan fingerprint density at radius 1 is 1.24 bits per heavy atom. The molecule has 0 aromatic heterocycles. The van der Waals surface area contributed by atoms with Gasteiger partial charge in [-0.1, -0.05) is 35.5 Å². The first kappa shape index (κ1) is 24.3. The summed E-state index contributed by atoms with van der Waals surface area (Å²) in [5.74, 6) is 0. The van der Waals surface area contributed by atoms with Gasteiger partial charge >= 0.3 is 13.8 Å². The number of nitrogens with two attached hydrogens (primary N) is 1. The van der Waals surface area contributed by atoms with Crippen molar-refractivity contribution >= 4 is 31.0 Å². The number of aryl methyl sites for hydroxylation is 1. The zero-order chi connectivity index (χ0) is 21.7. The molecule has 2 aromatic rings. The van der Waals surface area contributed by atoms with Gasteiger partial charge in [0.1, 0.15) is 0 Å². The lowest BCUT2D eigenvalue weighted by Gasteiger charge is -2.15. The summed E-state index contributed by atoms with van der Waals surface area (Å²) in [5, 5.41) is 0.514. The third-order valence-corrected chi connectivity index (χ3v) is 7.03. The van der Waals surface area contributed by atoms with Crippen LogP contribution in [0.2, 0.25) is 5.02 Å². The van der Waals surface area contributed by atoms with Gasteiger partial charge in [-0.05, 0) is 55.2 Å². The van der Waals surface area contributed by atoms with Crippen LogP contribution in [0, 0.1) is 0 Å². The maximum atomic E-state index is 12.8. The van der Waals surface area contributed by atoms with Gasteiger partial charge in [0.2, 0.25) is 0 Å². The molecule has 160 valence electrons. The van der Waals surface area contributed by atoms with E-state index in [1.807, 2.05) is 6.07 Å². The van der Waals surface area contributed by atoms with Crippen LogP contribution in [0.25, 0.3) is 0 Å². The summed E-state index contributed by atoms with van der Waals surface area (Å²) in [4.78, 5) is 10.6. The summed E-state index contributed by atoms with van der Waals surface area (Å²) >= 11 is 7.52. The highest BCUT2D eigenvalue weighted by Crippen LogP contribution is 2.41. The van der Waals surface area contributed by atoms with E-state index in [2.05, 4.69) is 4.52 Å². The van der Waals surface area contributed by atoms with Gasteiger partial charge in [-0.3, -0.25) is 4.57 Å². The predicted octanol–water partition coefficient (Wildman–Crippen LogP) is 5.99. The Morgan fingerprint density at radius 2 is 1.93 bits per heavy atom. The molecule has 1 unspecified atom stereocenters. The monoisotopic (exact) mass is 467 g/mol. The summed E-state index contributed by atoms with van der Waals surface area (Å²) in [6, 6.07) is 10.0.